The van der Waals surface area contributed by atoms with Gasteiger partial charge < -0.3 is 4.42 Å². The van der Waals surface area contributed by atoms with Gasteiger partial charge in [0.15, 0.2) is 5.58 Å². The smallest absolute Gasteiger partial charge is 0.243 e. The van der Waals surface area contributed by atoms with Crippen LogP contribution in [0.5, 0.6) is 0 Å². The molecule has 0 saturated carbocycles. The van der Waals surface area contributed by atoms with Crippen LogP contribution in [-0.4, -0.2) is 48.8 Å². The van der Waals surface area contributed by atoms with Gasteiger partial charge in [0, 0.05) is 26.2 Å². The van der Waals surface area contributed by atoms with Crippen LogP contribution in [0.2, 0.25) is 0 Å². The van der Waals surface area contributed by atoms with E-state index in [-0.39, 0.29) is 0 Å². The Morgan fingerprint density at radius 1 is 0.964 bits per heavy atom. The summed E-state index contributed by atoms with van der Waals surface area (Å²) in [5.41, 5.74) is 4.67. The van der Waals surface area contributed by atoms with E-state index in [1.807, 2.05) is 51.1 Å². The van der Waals surface area contributed by atoms with Crippen LogP contribution in [0.1, 0.15) is 22.6 Å². The second-order valence-electron chi connectivity index (χ2n) is 7.53. The van der Waals surface area contributed by atoms with Crippen molar-refractivity contribution < 1.29 is 12.8 Å². The molecule has 28 heavy (non-hydrogen) atoms. The molecule has 0 atom stereocenters. The van der Waals surface area contributed by atoms with Crippen molar-refractivity contribution in [1.82, 2.24) is 14.2 Å². The first-order chi connectivity index (χ1) is 13.3. The molecule has 0 N–H and O–H groups in total. The first kappa shape index (κ1) is 19.1. The summed E-state index contributed by atoms with van der Waals surface area (Å²) in [4.78, 5) is 7.15. The third-order valence-corrected chi connectivity index (χ3v) is 7.28. The van der Waals surface area contributed by atoms with Crippen LogP contribution in [0, 0.1) is 20.8 Å². The van der Waals surface area contributed by atoms with Crippen LogP contribution < -0.4 is 0 Å². The van der Waals surface area contributed by atoms with Gasteiger partial charge in [0.1, 0.15) is 5.52 Å². The summed E-state index contributed by atoms with van der Waals surface area (Å²) in [7, 11) is -3.46. The van der Waals surface area contributed by atoms with Gasteiger partial charge in [0.2, 0.25) is 15.9 Å². The Labute approximate surface area is 165 Å². The molecule has 7 heteroatoms. The number of rotatable bonds is 4. The Bertz CT molecular complexity index is 1110. The quantitative estimate of drug-likeness (QED) is 0.674. The van der Waals surface area contributed by atoms with Gasteiger partial charge in [-0.15, -0.1) is 0 Å². The fraction of sp³-hybridized carbons (Fsp3) is 0.381. The standard InChI is InChI=1S/C21H25N3O3S/c1-15-5-7-20(17(3)12-15)28(25,26)24-10-8-23(9-11-24)14-21-22-18-13-16(2)4-6-19(18)27-21/h4-7,12-13H,8-11,14H2,1-3H3. The number of nitrogens with zero attached hydrogens (tertiary/aromatic N) is 3. The molecule has 0 radical (unpaired) electrons. The lowest BCUT2D eigenvalue weighted by Gasteiger charge is -2.33. The number of sulfonamides is 1. The summed E-state index contributed by atoms with van der Waals surface area (Å²) in [5.74, 6) is 0.672. The molecule has 1 saturated heterocycles. The zero-order chi connectivity index (χ0) is 19.9. The average Bonchev–Trinajstić information content (AvgIpc) is 3.03. The van der Waals surface area contributed by atoms with Crippen molar-refractivity contribution in [3.63, 3.8) is 0 Å². The van der Waals surface area contributed by atoms with Crippen molar-refractivity contribution in [1.29, 1.82) is 0 Å². The predicted octanol–water partition coefficient (Wildman–Crippen LogP) is 3.26. The highest BCUT2D eigenvalue weighted by molar-refractivity contribution is 7.89. The summed E-state index contributed by atoms with van der Waals surface area (Å²) in [6.45, 7) is 8.68. The van der Waals surface area contributed by atoms with Gasteiger partial charge in [0.05, 0.1) is 11.4 Å². The summed E-state index contributed by atoms with van der Waals surface area (Å²) in [6, 6.07) is 11.4. The lowest BCUT2D eigenvalue weighted by Crippen LogP contribution is -2.48. The zero-order valence-corrected chi connectivity index (χ0v) is 17.3. The van der Waals surface area contributed by atoms with Crippen LogP contribution >= 0.6 is 0 Å². The van der Waals surface area contributed by atoms with E-state index in [0.29, 0.717) is 43.5 Å². The number of oxazole rings is 1. The minimum Gasteiger partial charge on any atom is -0.439 e. The molecule has 0 bridgehead atoms. The molecular weight excluding hydrogens is 374 g/mol. The molecule has 1 aliphatic rings. The fourth-order valence-corrected chi connectivity index (χ4v) is 5.33. The summed E-state index contributed by atoms with van der Waals surface area (Å²) >= 11 is 0. The minimum absolute atomic E-state index is 0.404. The minimum atomic E-state index is -3.46. The molecule has 4 rings (SSSR count). The molecule has 0 amide bonds. The van der Waals surface area contributed by atoms with Gasteiger partial charge >= 0.3 is 0 Å². The van der Waals surface area contributed by atoms with E-state index >= 15 is 0 Å². The molecule has 1 aliphatic heterocycles. The van der Waals surface area contributed by atoms with E-state index in [4.69, 9.17) is 4.42 Å². The highest BCUT2D eigenvalue weighted by Gasteiger charge is 2.30. The summed E-state index contributed by atoms with van der Waals surface area (Å²) in [5, 5.41) is 0. The third-order valence-electron chi connectivity index (χ3n) is 5.23. The number of aryl methyl sites for hydroxylation is 3. The van der Waals surface area contributed by atoms with E-state index in [9.17, 15) is 8.42 Å². The van der Waals surface area contributed by atoms with E-state index in [1.165, 1.54) is 0 Å². The second-order valence-corrected chi connectivity index (χ2v) is 9.43. The van der Waals surface area contributed by atoms with Crippen molar-refractivity contribution in [3.05, 3.63) is 59.0 Å². The van der Waals surface area contributed by atoms with E-state index < -0.39 is 10.0 Å². The van der Waals surface area contributed by atoms with Crippen LogP contribution in [0.4, 0.5) is 0 Å². The van der Waals surface area contributed by atoms with E-state index in [0.717, 1.165) is 27.8 Å². The Morgan fingerprint density at radius 3 is 2.36 bits per heavy atom. The Balaban J connectivity index is 1.43. The number of aromatic nitrogens is 1. The first-order valence-corrected chi connectivity index (χ1v) is 10.9. The molecular formula is C21H25N3O3S. The number of hydrogen-bond donors (Lipinski definition) is 0. The van der Waals surface area contributed by atoms with Gasteiger partial charge in [-0.1, -0.05) is 23.8 Å². The summed E-state index contributed by atoms with van der Waals surface area (Å²) in [6.07, 6.45) is 0. The number of fused-ring (bicyclic) bond motifs is 1. The van der Waals surface area contributed by atoms with Gasteiger partial charge in [-0.3, -0.25) is 4.90 Å². The van der Waals surface area contributed by atoms with Crippen molar-refractivity contribution in [2.45, 2.75) is 32.2 Å². The van der Waals surface area contributed by atoms with Gasteiger partial charge in [-0.2, -0.15) is 4.31 Å². The van der Waals surface area contributed by atoms with E-state index in [2.05, 4.69) is 9.88 Å². The topological polar surface area (TPSA) is 66.7 Å². The first-order valence-electron chi connectivity index (χ1n) is 9.49. The lowest BCUT2D eigenvalue weighted by atomic mass is 10.2. The molecule has 0 spiro atoms. The van der Waals surface area contributed by atoms with Crippen LogP contribution in [0.15, 0.2) is 45.7 Å². The lowest BCUT2D eigenvalue weighted by molar-refractivity contribution is 0.169. The highest BCUT2D eigenvalue weighted by Crippen LogP contribution is 2.23. The van der Waals surface area contributed by atoms with E-state index in [1.54, 1.807) is 10.4 Å². The zero-order valence-electron chi connectivity index (χ0n) is 16.5. The maximum atomic E-state index is 13.0. The molecule has 1 aromatic heterocycles. The van der Waals surface area contributed by atoms with Crippen LogP contribution in [0.3, 0.4) is 0 Å². The number of benzene rings is 2. The monoisotopic (exact) mass is 399 g/mol. The molecule has 148 valence electrons. The Hall–Kier alpha value is -2.22. The molecule has 2 heterocycles. The Morgan fingerprint density at radius 2 is 1.64 bits per heavy atom. The molecule has 0 aliphatic carbocycles. The van der Waals surface area contributed by atoms with Crippen LogP contribution in [0.25, 0.3) is 11.1 Å². The van der Waals surface area contributed by atoms with Crippen LogP contribution in [-0.2, 0) is 16.6 Å². The van der Waals surface area contributed by atoms with Gasteiger partial charge in [0.25, 0.3) is 0 Å². The van der Waals surface area contributed by atoms with Crippen molar-refractivity contribution in [2.75, 3.05) is 26.2 Å². The second kappa shape index (κ2) is 7.31. The molecule has 6 nitrogen and oxygen atoms in total. The molecule has 2 aromatic carbocycles. The highest BCUT2D eigenvalue weighted by atomic mass is 32.2. The molecule has 3 aromatic rings. The largest absolute Gasteiger partial charge is 0.439 e. The Kier molecular flexibility index (Phi) is 4.99. The van der Waals surface area contributed by atoms with Crippen molar-refractivity contribution in [2.24, 2.45) is 0 Å². The maximum absolute atomic E-state index is 13.0. The van der Waals surface area contributed by atoms with Crippen molar-refractivity contribution in [3.8, 4) is 0 Å². The van der Waals surface area contributed by atoms with Crippen molar-refractivity contribution >= 4 is 21.1 Å². The fourth-order valence-electron chi connectivity index (χ4n) is 3.70. The molecule has 1 fully saturated rings. The molecule has 0 unspecified atom stereocenters. The average molecular weight is 400 g/mol. The van der Waals surface area contributed by atoms with Gasteiger partial charge in [-0.25, -0.2) is 13.4 Å². The van der Waals surface area contributed by atoms with Gasteiger partial charge in [-0.05, 0) is 50.1 Å². The third kappa shape index (κ3) is 3.70. The predicted molar refractivity (Wildman–Crippen MR) is 109 cm³/mol. The number of hydrogen-bond acceptors (Lipinski definition) is 5. The maximum Gasteiger partial charge on any atom is 0.243 e. The SMILES string of the molecule is Cc1ccc(S(=O)(=O)N2CCN(Cc3nc4cc(C)ccc4o3)CC2)c(C)c1. The summed E-state index contributed by atoms with van der Waals surface area (Å²) < 4.78 is 33.4. The normalized spacial score (nSPS) is 16.7. The number of piperazine rings is 1.